The van der Waals surface area contributed by atoms with Crippen LogP contribution in [0.1, 0.15) is 17.3 Å². The first-order valence-corrected chi connectivity index (χ1v) is 7.23. The molecule has 0 saturated heterocycles. The molecule has 0 aromatic heterocycles. The van der Waals surface area contributed by atoms with Crippen molar-refractivity contribution < 1.29 is 14.3 Å². The summed E-state index contributed by atoms with van der Waals surface area (Å²) >= 11 is 11.8. The van der Waals surface area contributed by atoms with E-state index in [1.54, 1.807) is 49.4 Å². The minimum Gasteiger partial charge on any atom is -0.480 e. The third kappa shape index (κ3) is 4.23. The Hall–Kier alpha value is -2.04. The van der Waals surface area contributed by atoms with Crippen molar-refractivity contribution >= 4 is 41.1 Å². The maximum Gasteiger partial charge on any atom is 0.265 e. The molecule has 0 spiro atoms. The lowest BCUT2D eigenvalue weighted by Gasteiger charge is -2.16. The first-order chi connectivity index (χ1) is 10.5. The van der Waals surface area contributed by atoms with Gasteiger partial charge in [0, 0.05) is 15.7 Å². The SMILES string of the molecule is C[C@H](Oc1ccccc1C=O)C(=O)Nc1cc(Cl)cc(Cl)c1. The second kappa shape index (κ2) is 7.29. The molecule has 4 nitrogen and oxygen atoms in total. The zero-order valence-corrected chi connectivity index (χ0v) is 13.2. The number of benzene rings is 2. The largest absolute Gasteiger partial charge is 0.480 e. The maximum atomic E-state index is 12.1. The van der Waals surface area contributed by atoms with Crippen LogP contribution in [-0.4, -0.2) is 18.3 Å². The van der Waals surface area contributed by atoms with Gasteiger partial charge in [-0.05, 0) is 37.3 Å². The Balaban J connectivity index is 2.07. The van der Waals surface area contributed by atoms with E-state index in [1.165, 1.54) is 0 Å². The number of ether oxygens (including phenoxy) is 1. The molecule has 1 N–H and O–H groups in total. The van der Waals surface area contributed by atoms with Crippen molar-refractivity contribution in [3.63, 3.8) is 0 Å². The average Bonchev–Trinajstić information content (AvgIpc) is 2.46. The van der Waals surface area contributed by atoms with Gasteiger partial charge in [0.25, 0.3) is 5.91 Å². The molecule has 22 heavy (non-hydrogen) atoms. The first kappa shape index (κ1) is 16.3. The summed E-state index contributed by atoms with van der Waals surface area (Å²) in [5, 5.41) is 3.50. The highest BCUT2D eigenvalue weighted by atomic mass is 35.5. The molecule has 0 bridgehead atoms. The van der Waals surface area contributed by atoms with Crippen molar-refractivity contribution in [2.45, 2.75) is 13.0 Å². The molecule has 0 saturated carbocycles. The summed E-state index contributed by atoms with van der Waals surface area (Å²) in [5.41, 5.74) is 0.856. The number of rotatable bonds is 5. The Labute approximate surface area is 138 Å². The number of amides is 1. The molecule has 0 aliphatic rings. The quantitative estimate of drug-likeness (QED) is 0.831. The second-order valence-electron chi connectivity index (χ2n) is 4.56. The lowest BCUT2D eigenvalue weighted by atomic mass is 10.2. The standard InChI is InChI=1S/C16H13Cl2NO3/c1-10(22-15-5-3-2-4-11(15)9-20)16(21)19-14-7-12(17)6-13(18)8-14/h2-10H,1H3,(H,19,21)/t10-/m0/s1. The predicted molar refractivity (Wildman–Crippen MR) is 87.0 cm³/mol. The van der Waals surface area contributed by atoms with E-state index < -0.39 is 6.10 Å². The van der Waals surface area contributed by atoms with Gasteiger partial charge in [0.1, 0.15) is 5.75 Å². The lowest BCUT2D eigenvalue weighted by Crippen LogP contribution is -2.30. The Bertz CT molecular complexity index is 683. The minimum atomic E-state index is -0.793. The van der Waals surface area contributed by atoms with Gasteiger partial charge in [-0.25, -0.2) is 0 Å². The van der Waals surface area contributed by atoms with Crippen molar-refractivity contribution in [1.29, 1.82) is 0 Å². The van der Waals surface area contributed by atoms with E-state index in [4.69, 9.17) is 27.9 Å². The molecular formula is C16H13Cl2NO3. The summed E-state index contributed by atoms with van der Waals surface area (Å²) < 4.78 is 5.52. The fraction of sp³-hybridized carbons (Fsp3) is 0.125. The van der Waals surface area contributed by atoms with E-state index in [-0.39, 0.29) is 5.91 Å². The van der Waals surface area contributed by atoms with Crippen molar-refractivity contribution in [3.05, 3.63) is 58.1 Å². The molecule has 2 rings (SSSR count). The molecule has 6 heteroatoms. The van der Waals surface area contributed by atoms with E-state index >= 15 is 0 Å². The zero-order valence-electron chi connectivity index (χ0n) is 11.7. The molecule has 1 atom stereocenters. The normalized spacial score (nSPS) is 11.6. The van der Waals surface area contributed by atoms with E-state index in [2.05, 4.69) is 5.32 Å². The van der Waals surface area contributed by atoms with Gasteiger partial charge in [0.15, 0.2) is 12.4 Å². The van der Waals surface area contributed by atoms with Crippen LogP contribution in [-0.2, 0) is 4.79 Å². The summed E-state index contributed by atoms with van der Waals surface area (Å²) in [5.74, 6) is -0.0247. The second-order valence-corrected chi connectivity index (χ2v) is 5.44. The van der Waals surface area contributed by atoms with E-state index in [0.29, 0.717) is 33.3 Å². The van der Waals surface area contributed by atoms with Crippen LogP contribution >= 0.6 is 23.2 Å². The molecule has 0 unspecified atom stereocenters. The molecule has 0 fully saturated rings. The predicted octanol–water partition coefficient (Wildman–Crippen LogP) is 4.21. The van der Waals surface area contributed by atoms with Gasteiger partial charge < -0.3 is 10.1 Å². The molecule has 2 aromatic rings. The molecule has 0 aliphatic carbocycles. The number of hydrogen-bond donors (Lipinski definition) is 1. The van der Waals surface area contributed by atoms with Crippen LogP contribution in [0.5, 0.6) is 5.75 Å². The number of carbonyl (C=O) groups is 2. The highest BCUT2D eigenvalue weighted by Crippen LogP contribution is 2.23. The van der Waals surface area contributed by atoms with Gasteiger partial charge in [-0.15, -0.1) is 0 Å². The third-order valence-corrected chi connectivity index (χ3v) is 3.29. The van der Waals surface area contributed by atoms with Crippen LogP contribution < -0.4 is 10.1 Å². The highest BCUT2D eigenvalue weighted by molar-refractivity contribution is 6.35. The number of para-hydroxylation sites is 1. The van der Waals surface area contributed by atoms with Gasteiger partial charge in [-0.3, -0.25) is 9.59 Å². The van der Waals surface area contributed by atoms with Crippen molar-refractivity contribution in [2.24, 2.45) is 0 Å². The van der Waals surface area contributed by atoms with Gasteiger partial charge >= 0.3 is 0 Å². The fourth-order valence-electron chi connectivity index (χ4n) is 1.80. The highest BCUT2D eigenvalue weighted by Gasteiger charge is 2.16. The molecule has 114 valence electrons. The number of carbonyl (C=O) groups excluding carboxylic acids is 2. The fourth-order valence-corrected chi connectivity index (χ4v) is 2.33. The van der Waals surface area contributed by atoms with E-state index in [1.807, 2.05) is 0 Å². The minimum absolute atomic E-state index is 0.351. The molecule has 0 radical (unpaired) electrons. The number of aldehydes is 1. The van der Waals surface area contributed by atoms with Crippen LogP contribution in [0.2, 0.25) is 10.0 Å². The van der Waals surface area contributed by atoms with Crippen molar-refractivity contribution in [3.8, 4) is 5.75 Å². The average molecular weight is 338 g/mol. The summed E-state index contributed by atoms with van der Waals surface area (Å²) in [6, 6.07) is 11.4. The van der Waals surface area contributed by atoms with E-state index in [9.17, 15) is 9.59 Å². The summed E-state index contributed by atoms with van der Waals surface area (Å²) in [4.78, 5) is 23.1. The first-order valence-electron chi connectivity index (χ1n) is 6.47. The van der Waals surface area contributed by atoms with Gasteiger partial charge in [0.05, 0.1) is 5.56 Å². The Morgan fingerprint density at radius 3 is 2.45 bits per heavy atom. The number of halogens is 2. The molecule has 2 aromatic carbocycles. The summed E-state index contributed by atoms with van der Waals surface area (Å²) in [6.45, 7) is 1.59. The Morgan fingerprint density at radius 1 is 1.18 bits per heavy atom. The molecular weight excluding hydrogens is 325 g/mol. The van der Waals surface area contributed by atoms with Gasteiger partial charge in [-0.2, -0.15) is 0 Å². The van der Waals surface area contributed by atoms with Crippen LogP contribution in [0, 0.1) is 0 Å². The molecule has 0 heterocycles. The summed E-state index contributed by atoms with van der Waals surface area (Å²) in [6.07, 6.45) is -0.115. The Morgan fingerprint density at radius 2 is 1.82 bits per heavy atom. The van der Waals surface area contributed by atoms with Crippen LogP contribution in [0.4, 0.5) is 5.69 Å². The lowest BCUT2D eigenvalue weighted by molar-refractivity contribution is -0.122. The van der Waals surface area contributed by atoms with Crippen molar-refractivity contribution in [2.75, 3.05) is 5.32 Å². The monoisotopic (exact) mass is 337 g/mol. The van der Waals surface area contributed by atoms with Crippen LogP contribution in [0.3, 0.4) is 0 Å². The third-order valence-electron chi connectivity index (χ3n) is 2.85. The van der Waals surface area contributed by atoms with Crippen LogP contribution in [0.25, 0.3) is 0 Å². The van der Waals surface area contributed by atoms with Gasteiger partial charge in [-0.1, -0.05) is 35.3 Å². The smallest absolute Gasteiger partial charge is 0.265 e. The van der Waals surface area contributed by atoms with Crippen LogP contribution in [0.15, 0.2) is 42.5 Å². The zero-order chi connectivity index (χ0) is 16.1. The number of hydrogen-bond acceptors (Lipinski definition) is 3. The Kier molecular flexibility index (Phi) is 5.41. The topological polar surface area (TPSA) is 55.4 Å². The molecule has 0 aliphatic heterocycles. The van der Waals surface area contributed by atoms with E-state index in [0.717, 1.165) is 0 Å². The number of nitrogens with one attached hydrogen (secondary N) is 1. The molecule has 1 amide bonds. The summed E-state index contributed by atoms with van der Waals surface area (Å²) in [7, 11) is 0. The maximum absolute atomic E-state index is 12.1. The van der Waals surface area contributed by atoms with Crippen molar-refractivity contribution in [1.82, 2.24) is 0 Å². The number of anilines is 1. The van der Waals surface area contributed by atoms with Gasteiger partial charge in [0.2, 0.25) is 0 Å².